The van der Waals surface area contributed by atoms with Gasteiger partial charge in [-0.1, -0.05) is 47.5 Å². The van der Waals surface area contributed by atoms with Crippen molar-refractivity contribution in [3.8, 4) is 0 Å². The van der Waals surface area contributed by atoms with E-state index >= 15 is 0 Å². The molecule has 0 amide bonds. The summed E-state index contributed by atoms with van der Waals surface area (Å²) in [4.78, 5) is 0.259. The molecule has 0 fully saturated rings. The summed E-state index contributed by atoms with van der Waals surface area (Å²) in [5, 5.41) is 11.0. The van der Waals surface area contributed by atoms with Gasteiger partial charge in [-0.15, -0.1) is 5.10 Å². The molecule has 0 aliphatic heterocycles. The van der Waals surface area contributed by atoms with Gasteiger partial charge in [-0.2, -0.15) is 0 Å². The largest absolute Gasteiger partial charge is 0.414 e. The Bertz CT molecular complexity index is 839. The van der Waals surface area contributed by atoms with Crippen LogP contribution >= 0.6 is 35.4 Å². The normalized spacial score (nSPS) is 10.6. The number of benzene rings is 2. The second-order valence-electron chi connectivity index (χ2n) is 4.56. The Balaban J connectivity index is 1.93. The van der Waals surface area contributed by atoms with Gasteiger partial charge >= 0.3 is 0 Å². The lowest BCUT2D eigenvalue weighted by atomic mass is 10.1. The van der Waals surface area contributed by atoms with Gasteiger partial charge in [0.2, 0.25) is 5.89 Å². The van der Waals surface area contributed by atoms with E-state index in [0.29, 0.717) is 28.0 Å². The standard InChI is InChI=1S/C15H11Cl2N3OS/c16-10-5-3-6-11(17)14(10)18-12-7-2-1-4-9(12)8-13-19-20-15(22)21-13/h1-7,18H,8H2,(H,20,22). The van der Waals surface area contributed by atoms with Gasteiger partial charge in [0.25, 0.3) is 4.84 Å². The number of nitrogens with zero attached hydrogens (tertiary/aromatic N) is 1. The van der Waals surface area contributed by atoms with Gasteiger partial charge in [-0.25, -0.2) is 5.10 Å². The SMILES string of the molecule is S=c1[nH]nc(Cc2ccccc2Nc2c(Cl)cccc2Cl)o1. The highest BCUT2D eigenvalue weighted by molar-refractivity contribution is 7.71. The number of nitrogens with one attached hydrogen (secondary N) is 2. The molecule has 7 heteroatoms. The van der Waals surface area contributed by atoms with Crippen LogP contribution in [0, 0.1) is 4.84 Å². The lowest BCUT2D eigenvalue weighted by Gasteiger charge is -2.13. The van der Waals surface area contributed by atoms with Crippen LogP contribution in [0.4, 0.5) is 11.4 Å². The van der Waals surface area contributed by atoms with Crippen LogP contribution in [0.25, 0.3) is 0 Å². The van der Waals surface area contributed by atoms with Crippen LogP contribution in [0.3, 0.4) is 0 Å². The summed E-state index contributed by atoms with van der Waals surface area (Å²) in [6.07, 6.45) is 0.498. The summed E-state index contributed by atoms with van der Waals surface area (Å²) < 4.78 is 5.31. The average Bonchev–Trinajstić information content (AvgIpc) is 2.90. The predicted octanol–water partition coefficient (Wildman–Crippen LogP) is 5.37. The van der Waals surface area contributed by atoms with Crippen molar-refractivity contribution in [2.75, 3.05) is 5.32 Å². The molecule has 2 N–H and O–H groups in total. The van der Waals surface area contributed by atoms with Crippen LogP contribution in [0.5, 0.6) is 0 Å². The van der Waals surface area contributed by atoms with Gasteiger partial charge in [0.15, 0.2) is 0 Å². The number of para-hydroxylation sites is 2. The highest BCUT2D eigenvalue weighted by Crippen LogP contribution is 2.33. The minimum atomic E-state index is 0.259. The van der Waals surface area contributed by atoms with Crippen molar-refractivity contribution < 1.29 is 4.42 Å². The first kappa shape index (κ1) is 15.1. The average molecular weight is 352 g/mol. The maximum atomic E-state index is 6.20. The molecule has 0 atom stereocenters. The fraction of sp³-hybridized carbons (Fsp3) is 0.0667. The Labute approximate surface area is 142 Å². The number of hydrogen-bond donors (Lipinski definition) is 2. The zero-order chi connectivity index (χ0) is 15.5. The van der Waals surface area contributed by atoms with E-state index in [2.05, 4.69) is 15.5 Å². The van der Waals surface area contributed by atoms with Crippen LogP contribution in [0.15, 0.2) is 46.9 Å². The molecule has 0 spiro atoms. The zero-order valence-corrected chi connectivity index (χ0v) is 13.6. The molecule has 0 unspecified atom stereocenters. The lowest BCUT2D eigenvalue weighted by molar-refractivity contribution is 0.491. The molecule has 3 aromatic rings. The van der Waals surface area contributed by atoms with Gasteiger partial charge in [-0.3, -0.25) is 0 Å². The van der Waals surface area contributed by atoms with Crippen molar-refractivity contribution in [1.82, 2.24) is 10.2 Å². The van der Waals surface area contributed by atoms with Crippen molar-refractivity contribution in [2.24, 2.45) is 0 Å². The number of aromatic amines is 1. The fourth-order valence-electron chi connectivity index (χ4n) is 2.05. The maximum absolute atomic E-state index is 6.20. The van der Waals surface area contributed by atoms with Crippen molar-refractivity contribution in [1.29, 1.82) is 0 Å². The minimum Gasteiger partial charge on any atom is -0.414 e. The zero-order valence-electron chi connectivity index (χ0n) is 11.3. The van der Waals surface area contributed by atoms with Gasteiger partial charge in [0, 0.05) is 5.69 Å². The van der Waals surface area contributed by atoms with Gasteiger partial charge in [0.1, 0.15) is 0 Å². The van der Waals surface area contributed by atoms with Crippen LogP contribution < -0.4 is 5.32 Å². The Morgan fingerprint density at radius 2 is 1.82 bits per heavy atom. The van der Waals surface area contributed by atoms with E-state index in [4.69, 9.17) is 39.8 Å². The molecule has 112 valence electrons. The van der Waals surface area contributed by atoms with E-state index in [1.54, 1.807) is 18.2 Å². The van der Waals surface area contributed by atoms with Crippen molar-refractivity contribution in [2.45, 2.75) is 6.42 Å². The second kappa shape index (κ2) is 6.52. The Kier molecular flexibility index (Phi) is 4.47. The first-order valence-electron chi connectivity index (χ1n) is 6.47. The Morgan fingerprint density at radius 1 is 1.09 bits per heavy atom. The first-order valence-corrected chi connectivity index (χ1v) is 7.63. The van der Waals surface area contributed by atoms with Crippen LogP contribution in [-0.2, 0) is 6.42 Å². The molecule has 1 heterocycles. The Hall–Kier alpha value is -1.82. The summed E-state index contributed by atoms with van der Waals surface area (Å²) in [7, 11) is 0. The van der Waals surface area contributed by atoms with E-state index in [1.807, 2.05) is 24.3 Å². The quantitative estimate of drug-likeness (QED) is 0.620. The molecule has 22 heavy (non-hydrogen) atoms. The summed E-state index contributed by atoms with van der Waals surface area (Å²) in [6, 6.07) is 13.1. The van der Waals surface area contributed by atoms with Crippen molar-refractivity contribution in [3.05, 3.63) is 68.8 Å². The summed E-state index contributed by atoms with van der Waals surface area (Å²) >= 11 is 17.3. The van der Waals surface area contributed by atoms with Crippen LogP contribution in [0.2, 0.25) is 10.0 Å². The topological polar surface area (TPSA) is 53.9 Å². The summed E-state index contributed by atoms with van der Waals surface area (Å²) in [6.45, 7) is 0. The van der Waals surface area contributed by atoms with Crippen LogP contribution in [0.1, 0.15) is 11.5 Å². The van der Waals surface area contributed by atoms with Crippen molar-refractivity contribution in [3.63, 3.8) is 0 Å². The smallest absolute Gasteiger partial charge is 0.284 e. The molecule has 0 aliphatic carbocycles. The minimum absolute atomic E-state index is 0.259. The molecule has 0 saturated carbocycles. The molecule has 3 rings (SSSR count). The molecule has 0 radical (unpaired) electrons. The van der Waals surface area contributed by atoms with Gasteiger partial charge in [-0.05, 0) is 36.0 Å². The highest BCUT2D eigenvalue weighted by Gasteiger charge is 2.10. The molecular weight excluding hydrogens is 341 g/mol. The number of hydrogen-bond acceptors (Lipinski definition) is 4. The number of halogens is 2. The van der Waals surface area contributed by atoms with Gasteiger partial charge in [0.05, 0.1) is 22.2 Å². The maximum Gasteiger partial charge on any atom is 0.284 e. The number of aromatic nitrogens is 2. The third-order valence-corrected chi connectivity index (χ3v) is 3.87. The highest BCUT2D eigenvalue weighted by atomic mass is 35.5. The monoisotopic (exact) mass is 351 g/mol. The predicted molar refractivity (Wildman–Crippen MR) is 90.7 cm³/mol. The summed E-state index contributed by atoms with van der Waals surface area (Å²) in [5.41, 5.74) is 2.53. The van der Waals surface area contributed by atoms with E-state index < -0.39 is 0 Å². The van der Waals surface area contributed by atoms with Crippen LogP contribution in [-0.4, -0.2) is 10.2 Å². The number of anilines is 2. The lowest BCUT2D eigenvalue weighted by Crippen LogP contribution is -1.98. The molecule has 0 saturated heterocycles. The molecule has 0 aliphatic rings. The van der Waals surface area contributed by atoms with E-state index in [0.717, 1.165) is 11.3 Å². The third kappa shape index (κ3) is 3.32. The fourth-order valence-corrected chi connectivity index (χ4v) is 2.68. The molecular formula is C15H11Cl2N3OS. The molecule has 2 aromatic carbocycles. The van der Waals surface area contributed by atoms with E-state index in [-0.39, 0.29) is 4.84 Å². The Morgan fingerprint density at radius 3 is 2.50 bits per heavy atom. The molecule has 0 bridgehead atoms. The van der Waals surface area contributed by atoms with E-state index in [9.17, 15) is 0 Å². The van der Waals surface area contributed by atoms with Gasteiger partial charge < -0.3 is 9.73 Å². The second-order valence-corrected chi connectivity index (χ2v) is 5.75. The number of H-pyrrole nitrogens is 1. The molecule has 4 nitrogen and oxygen atoms in total. The van der Waals surface area contributed by atoms with E-state index in [1.165, 1.54) is 0 Å². The first-order chi connectivity index (χ1) is 10.6. The molecule has 1 aromatic heterocycles. The van der Waals surface area contributed by atoms with Crippen molar-refractivity contribution >= 4 is 46.8 Å². The number of rotatable bonds is 4. The summed E-state index contributed by atoms with van der Waals surface area (Å²) in [5.74, 6) is 0.518. The third-order valence-electron chi connectivity index (χ3n) is 3.06.